The summed E-state index contributed by atoms with van der Waals surface area (Å²) in [5.41, 5.74) is 2.75. The smallest absolute Gasteiger partial charge is 0.337 e. The van der Waals surface area contributed by atoms with Gasteiger partial charge in [0.2, 0.25) is 0 Å². The van der Waals surface area contributed by atoms with Crippen molar-refractivity contribution < 1.29 is 19.4 Å². The minimum atomic E-state index is -0.470. The molecule has 2 fully saturated rings. The summed E-state index contributed by atoms with van der Waals surface area (Å²) in [6, 6.07) is 9.02. The van der Waals surface area contributed by atoms with Gasteiger partial charge >= 0.3 is 5.97 Å². The molecule has 30 heavy (non-hydrogen) atoms. The lowest BCUT2D eigenvalue weighted by Crippen LogP contribution is -2.42. The molecule has 162 valence electrons. The van der Waals surface area contributed by atoms with E-state index in [0.717, 1.165) is 44.7 Å². The minimum absolute atomic E-state index is 0.216. The molecule has 1 aliphatic carbocycles. The molecule has 1 aromatic carbocycles. The number of carbonyl (C=O) groups is 1. The average Bonchev–Trinajstić information content (AvgIpc) is 3.27. The number of esters is 1. The molecule has 1 saturated carbocycles. The average molecular weight is 414 g/mol. The van der Waals surface area contributed by atoms with E-state index in [1.165, 1.54) is 12.8 Å². The Morgan fingerprint density at radius 3 is 2.47 bits per heavy atom. The Labute approximate surface area is 177 Å². The fourth-order valence-electron chi connectivity index (χ4n) is 4.90. The highest BCUT2D eigenvalue weighted by Crippen LogP contribution is 2.38. The number of fused-ring (bicyclic) bond motifs is 1. The molecule has 2 heterocycles. The molecular weight excluding hydrogens is 382 g/mol. The van der Waals surface area contributed by atoms with Crippen LogP contribution in [0.2, 0.25) is 0 Å². The van der Waals surface area contributed by atoms with E-state index in [-0.39, 0.29) is 12.1 Å². The number of aryl methyl sites for hydroxylation is 2. The van der Waals surface area contributed by atoms with Gasteiger partial charge in [-0.25, -0.2) is 4.79 Å². The van der Waals surface area contributed by atoms with Gasteiger partial charge in [-0.15, -0.1) is 0 Å². The lowest BCUT2D eigenvalue weighted by Gasteiger charge is -2.35. The molecule has 7 nitrogen and oxygen atoms in total. The van der Waals surface area contributed by atoms with Gasteiger partial charge in [0, 0.05) is 25.3 Å². The van der Waals surface area contributed by atoms with Crippen molar-refractivity contribution in [2.75, 3.05) is 26.7 Å². The number of aliphatic hydroxyl groups excluding tert-OH is 1. The van der Waals surface area contributed by atoms with E-state index < -0.39 is 6.10 Å². The van der Waals surface area contributed by atoms with E-state index in [4.69, 9.17) is 9.47 Å². The molecule has 2 aliphatic rings. The van der Waals surface area contributed by atoms with Crippen molar-refractivity contribution in [1.29, 1.82) is 0 Å². The van der Waals surface area contributed by atoms with Gasteiger partial charge in [0.1, 0.15) is 11.9 Å². The zero-order chi connectivity index (χ0) is 21.3. The minimum Gasteiger partial charge on any atom is -0.488 e. The van der Waals surface area contributed by atoms with Crippen LogP contribution in [0.15, 0.2) is 30.3 Å². The number of methoxy groups -OCH3 is 1. The van der Waals surface area contributed by atoms with Crippen LogP contribution in [-0.4, -0.2) is 64.7 Å². The van der Waals surface area contributed by atoms with Crippen LogP contribution in [-0.2, 0) is 11.3 Å². The number of aliphatic hydroxyl groups is 1. The Hall–Kier alpha value is -2.38. The fourth-order valence-corrected chi connectivity index (χ4v) is 4.90. The lowest BCUT2D eigenvalue weighted by molar-refractivity contribution is -0.0231. The molecule has 7 heteroatoms. The number of nitrogens with zero attached hydrogens (tertiary/aromatic N) is 3. The van der Waals surface area contributed by atoms with Crippen LogP contribution >= 0.6 is 0 Å². The van der Waals surface area contributed by atoms with Crippen molar-refractivity contribution in [2.45, 2.75) is 45.4 Å². The SMILES string of the molecule is COC(=O)c1ccc(O[C@@H]2C[C@@H]3CN(CCn4nc(C)cc4C)C[C@@H]3C[C@H]2O)cc1. The highest BCUT2D eigenvalue weighted by atomic mass is 16.5. The first-order valence-corrected chi connectivity index (χ1v) is 10.7. The second-order valence-corrected chi connectivity index (χ2v) is 8.64. The van der Waals surface area contributed by atoms with Gasteiger partial charge in [-0.05, 0) is 68.9 Å². The molecule has 0 bridgehead atoms. The third kappa shape index (κ3) is 4.52. The molecule has 1 N–H and O–H groups in total. The number of hydrogen-bond acceptors (Lipinski definition) is 6. The second kappa shape index (κ2) is 8.78. The maximum atomic E-state index is 11.6. The van der Waals surface area contributed by atoms with Crippen LogP contribution < -0.4 is 4.74 Å². The van der Waals surface area contributed by atoms with Crippen LogP contribution in [0.1, 0.15) is 34.6 Å². The Morgan fingerprint density at radius 2 is 1.83 bits per heavy atom. The van der Waals surface area contributed by atoms with Crippen LogP contribution in [0, 0.1) is 25.7 Å². The van der Waals surface area contributed by atoms with Crippen molar-refractivity contribution in [2.24, 2.45) is 11.8 Å². The van der Waals surface area contributed by atoms with Gasteiger partial charge in [-0.3, -0.25) is 4.68 Å². The van der Waals surface area contributed by atoms with Crippen LogP contribution in [0.3, 0.4) is 0 Å². The number of ether oxygens (including phenoxy) is 2. The Kier molecular flexibility index (Phi) is 6.11. The third-order valence-corrected chi connectivity index (χ3v) is 6.45. The number of rotatable bonds is 6. The van der Waals surface area contributed by atoms with Gasteiger partial charge in [-0.2, -0.15) is 5.10 Å². The summed E-state index contributed by atoms with van der Waals surface area (Å²) in [5, 5.41) is 15.2. The van der Waals surface area contributed by atoms with Crippen molar-refractivity contribution >= 4 is 5.97 Å². The predicted molar refractivity (Wildman–Crippen MR) is 113 cm³/mol. The van der Waals surface area contributed by atoms with Crippen molar-refractivity contribution in [1.82, 2.24) is 14.7 Å². The van der Waals surface area contributed by atoms with Crippen LogP contribution in [0.5, 0.6) is 5.75 Å². The standard InChI is InChI=1S/C23H31N3O4/c1-15-10-16(2)26(24-15)9-8-25-13-18-11-21(27)22(12-19(18)14-25)30-20-6-4-17(5-7-20)23(28)29-3/h4-7,10,18-19,21-22,27H,8-9,11-14H2,1-3H3/t18-,19+,21+,22+/m0/s1. The number of aromatic nitrogens is 2. The molecule has 2 aromatic rings. The van der Waals surface area contributed by atoms with Crippen molar-refractivity contribution in [3.63, 3.8) is 0 Å². The molecule has 0 unspecified atom stereocenters. The third-order valence-electron chi connectivity index (χ3n) is 6.45. The highest BCUT2D eigenvalue weighted by Gasteiger charge is 2.42. The van der Waals surface area contributed by atoms with E-state index in [1.54, 1.807) is 24.3 Å². The largest absolute Gasteiger partial charge is 0.488 e. The summed E-state index contributed by atoms with van der Waals surface area (Å²) in [5.74, 6) is 1.35. The van der Waals surface area contributed by atoms with Gasteiger partial charge in [-0.1, -0.05) is 0 Å². The second-order valence-electron chi connectivity index (χ2n) is 8.64. The van der Waals surface area contributed by atoms with E-state index >= 15 is 0 Å². The summed E-state index contributed by atoms with van der Waals surface area (Å²) >= 11 is 0. The predicted octanol–water partition coefficient (Wildman–Crippen LogP) is 2.44. The number of benzene rings is 1. The maximum absolute atomic E-state index is 11.6. The Balaban J connectivity index is 1.32. The van der Waals surface area contributed by atoms with E-state index in [2.05, 4.69) is 27.7 Å². The number of hydrogen-bond donors (Lipinski definition) is 1. The molecule has 4 rings (SSSR count). The van der Waals surface area contributed by atoms with E-state index in [0.29, 0.717) is 23.1 Å². The van der Waals surface area contributed by atoms with Crippen molar-refractivity contribution in [3.05, 3.63) is 47.3 Å². The van der Waals surface area contributed by atoms with Gasteiger partial charge in [0.05, 0.1) is 31.0 Å². The normalized spacial score (nSPS) is 26.4. The quantitative estimate of drug-likeness (QED) is 0.733. The van der Waals surface area contributed by atoms with Crippen LogP contribution in [0.4, 0.5) is 0 Å². The number of carbonyl (C=O) groups excluding carboxylic acids is 1. The van der Waals surface area contributed by atoms with Gasteiger partial charge < -0.3 is 19.5 Å². The summed E-state index contributed by atoms with van der Waals surface area (Å²) < 4.78 is 12.9. The summed E-state index contributed by atoms with van der Waals surface area (Å²) in [7, 11) is 1.36. The van der Waals surface area contributed by atoms with E-state index in [9.17, 15) is 9.90 Å². The number of likely N-dealkylation sites (tertiary alicyclic amines) is 1. The summed E-state index contributed by atoms with van der Waals surface area (Å²) in [6.45, 7) is 8.07. The molecule has 4 atom stereocenters. The van der Waals surface area contributed by atoms with Gasteiger partial charge in [0.25, 0.3) is 0 Å². The lowest BCUT2D eigenvalue weighted by atomic mass is 9.78. The van der Waals surface area contributed by atoms with Crippen LogP contribution in [0.25, 0.3) is 0 Å². The monoisotopic (exact) mass is 413 g/mol. The molecule has 0 spiro atoms. The highest BCUT2D eigenvalue weighted by molar-refractivity contribution is 5.89. The molecule has 1 saturated heterocycles. The molecular formula is C23H31N3O4. The molecule has 1 aromatic heterocycles. The fraction of sp³-hybridized carbons (Fsp3) is 0.565. The maximum Gasteiger partial charge on any atom is 0.337 e. The first kappa shape index (κ1) is 20.9. The zero-order valence-corrected chi connectivity index (χ0v) is 18.0. The van der Waals surface area contributed by atoms with Gasteiger partial charge in [0.15, 0.2) is 0 Å². The molecule has 0 amide bonds. The molecule has 1 aliphatic heterocycles. The topological polar surface area (TPSA) is 76.8 Å². The van der Waals surface area contributed by atoms with E-state index in [1.807, 2.05) is 6.92 Å². The van der Waals surface area contributed by atoms with Crippen molar-refractivity contribution in [3.8, 4) is 5.75 Å². The zero-order valence-electron chi connectivity index (χ0n) is 18.0. The first-order valence-electron chi connectivity index (χ1n) is 10.7. The Bertz CT molecular complexity index is 879. The molecule has 0 radical (unpaired) electrons. The summed E-state index contributed by atoms with van der Waals surface area (Å²) in [6.07, 6.45) is 0.932. The Morgan fingerprint density at radius 1 is 1.13 bits per heavy atom. The first-order chi connectivity index (χ1) is 14.4. The summed E-state index contributed by atoms with van der Waals surface area (Å²) in [4.78, 5) is 14.1.